The highest BCUT2D eigenvalue weighted by Crippen LogP contribution is 2.84. The van der Waals surface area contributed by atoms with Gasteiger partial charge in [-0.25, -0.2) is 9.59 Å². The molecule has 12 nitrogen and oxygen atoms in total. The van der Waals surface area contributed by atoms with E-state index in [9.17, 15) is 34.5 Å². The van der Waals surface area contributed by atoms with E-state index in [0.717, 1.165) is 5.56 Å². The number of ketones is 1. The Kier molecular flexibility index (Phi) is 5.79. The van der Waals surface area contributed by atoms with Gasteiger partial charge in [-0.1, -0.05) is 52.0 Å². The first-order valence-electron chi connectivity index (χ1n) is 14.7. The highest BCUT2D eigenvalue weighted by molar-refractivity contribution is 5.94. The average molecular weight is 601 g/mol. The van der Waals surface area contributed by atoms with Crippen molar-refractivity contribution in [2.24, 2.45) is 28.1 Å². The van der Waals surface area contributed by atoms with Crippen molar-refractivity contribution < 1.29 is 58.2 Å². The van der Waals surface area contributed by atoms with Crippen LogP contribution in [-0.4, -0.2) is 87.0 Å². The van der Waals surface area contributed by atoms with Crippen LogP contribution in [0, 0.1) is 28.1 Å². The van der Waals surface area contributed by atoms with Crippen molar-refractivity contribution in [1.82, 2.24) is 0 Å². The number of Topliss-reactive ketones (excluding diaryl/α,β-unsaturated/α-hetero) is 1. The highest BCUT2D eigenvalue weighted by atomic mass is 16.8. The number of hydrogen-bond acceptors (Lipinski definition) is 12. The standard InChI is InChI=1S/C31H36O12/c1-6-16(32)11-14-7-9-15(10-8-14)12-39-22-24(36)42-26-28(22)18(27(3,4)5)17(33)20-29(28)19(34)21-30(38,13(2)23(35)40-21)31(29,43-26)25(37)41-20/h7-10,13,17-22,26,33-34,38H,6,11-12H2,1-5H3/t13-,17-,18+,19+,20?,21+,22+,26?,28?,29?,30-,31+/m1/s1. The summed E-state index contributed by atoms with van der Waals surface area (Å²) in [5.41, 5.74) is -7.80. The second-order valence-corrected chi connectivity index (χ2v) is 14.0. The summed E-state index contributed by atoms with van der Waals surface area (Å²) in [6.45, 7) is 8.58. The number of aliphatic hydroxyl groups is 3. The Morgan fingerprint density at radius 3 is 2.26 bits per heavy atom. The van der Waals surface area contributed by atoms with Crippen LogP contribution in [-0.2, 0) is 55.9 Å². The number of carbonyl (C=O) groups is 4. The minimum absolute atomic E-state index is 0.0963. The SMILES string of the molecule is CCC(=O)Cc1ccc(CO[C@H]2C(=O)OC3O[C@@]45C(=O)OC6[C@H](O)[C@@H](C(C)(C)C)C32C64[C@@H](O)[C@@H]2OC(=O)[C@@H](C)[C@@]25O)cc1. The van der Waals surface area contributed by atoms with Gasteiger partial charge in [0.2, 0.25) is 11.9 Å². The molecule has 2 saturated carbocycles. The molecule has 12 heteroatoms. The zero-order chi connectivity index (χ0) is 31.1. The third-order valence-electron chi connectivity index (χ3n) is 11.2. The van der Waals surface area contributed by atoms with Crippen molar-refractivity contribution >= 4 is 23.7 Å². The normalized spacial score (nSPS) is 47.1. The fourth-order valence-electron chi connectivity index (χ4n) is 9.73. The molecule has 0 bridgehead atoms. The van der Waals surface area contributed by atoms with E-state index in [4.69, 9.17) is 23.7 Å². The summed E-state index contributed by atoms with van der Waals surface area (Å²) in [4.78, 5) is 52.2. The third kappa shape index (κ3) is 2.91. The largest absolute Gasteiger partial charge is 0.456 e. The molecule has 7 rings (SSSR count). The van der Waals surface area contributed by atoms with Gasteiger partial charge in [0.25, 0.3) is 0 Å². The number of ether oxygens (including phenoxy) is 5. The van der Waals surface area contributed by atoms with Crippen LogP contribution in [0.25, 0.3) is 0 Å². The van der Waals surface area contributed by atoms with Gasteiger partial charge in [0.15, 0.2) is 17.8 Å². The van der Waals surface area contributed by atoms with Crippen molar-refractivity contribution in [2.75, 3.05) is 0 Å². The maximum atomic E-state index is 13.9. The second kappa shape index (κ2) is 8.63. The Balaban J connectivity index is 1.37. The van der Waals surface area contributed by atoms with E-state index < -0.39 is 94.0 Å². The molecule has 2 aliphatic carbocycles. The van der Waals surface area contributed by atoms with E-state index in [1.807, 2.05) is 20.8 Å². The lowest BCUT2D eigenvalue weighted by Gasteiger charge is -2.48. The molecule has 1 aromatic rings. The molecule has 3 N–H and O–H groups in total. The molecular weight excluding hydrogens is 564 g/mol. The van der Waals surface area contributed by atoms with Crippen LogP contribution in [0.15, 0.2) is 24.3 Å². The fraction of sp³-hybridized carbons (Fsp3) is 0.677. The van der Waals surface area contributed by atoms with Gasteiger partial charge in [-0.2, -0.15) is 0 Å². The first-order valence-corrected chi connectivity index (χ1v) is 14.7. The first-order chi connectivity index (χ1) is 20.1. The Bertz CT molecular complexity index is 1430. The number of aliphatic hydroxyl groups excluding tert-OH is 2. The van der Waals surface area contributed by atoms with E-state index in [-0.39, 0.29) is 12.4 Å². The predicted molar refractivity (Wildman–Crippen MR) is 141 cm³/mol. The monoisotopic (exact) mass is 600 g/mol. The molecule has 0 radical (unpaired) electrons. The quantitative estimate of drug-likeness (QED) is 0.302. The lowest BCUT2D eigenvalue weighted by Crippen LogP contribution is -2.67. The number of benzene rings is 1. The molecule has 4 unspecified atom stereocenters. The summed E-state index contributed by atoms with van der Waals surface area (Å²) in [5, 5.41) is 36.4. The average Bonchev–Trinajstić information content (AvgIpc) is 3.64. The summed E-state index contributed by atoms with van der Waals surface area (Å²) in [6, 6.07) is 7.14. The van der Waals surface area contributed by atoms with Gasteiger partial charge in [-0.3, -0.25) is 9.59 Å². The Morgan fingerprint density at radius 1 is 0.977 bits per heavy atom. The molecular formula is C31H36O12. The maximum absolute atomic E-state index is 13.9. The van der Waals surface area contributed by atoms with Crippen LogP contribution in [0.2, 0.25) is 0 Å². The zero-order valence-electron chi connectivity index (χ0n) is 24.6. The highest BCUT2D eigenvalue weighted by Gasteiger charge is 3.05. The van der Waals surface area contributed by atoms with Crippen LogP contribution in [0.3, 0.4) is 0 Å². The molecule has 6 fully saturated rings. The van der Waals surface area contributed by atoms with Crippen molar-refractivity contribution in [2.45, 2.75) is 102 Å². The van der Waals surface area contributed by atoms with Gasteiger partial charge in [-0.05, 0) is 23.5 Å². The molecule has 12 atom stereocenters. The summed E-state index contributed by atoms with van der Waals surface area (Å²) in [6.07, 6.45) is -8.50. The van der Waals surface area contributed by atoms with E-state index in [2.05, 4.69) is 0 Å². The molecule has 1 aromatic carbocycles. The molecule has 4 saturated heterocycles. The van der Waals surface area contributed by atoms with E-state index in [1.54, 1.807) is 31.2 Å². The first kappa shape index (κ1) is 28.8. The number of esters is 3. The van der Waals surface area contributed by atoms with Crippen LogP contribution < -0.4 is 0 Å². The molecule has 232 valence electrons. The molecule has 43 heavy (non-hydrogen) atoms. The number of hydrogen-bond donors (Lipinski definition) is 3. The summed E-state index contributed by atoms with van der Waals surface area (Å²) < 4.78 is 29.8. The molecule has 0 aromatic heterocycles. The van der Waals surface area contributed by atoms with Gasteiger partial charge in [0.1, 0.15) is 18.0 Å². The topological polar surface area (TPSA) is 175 Å². The minimum Gasteiger partial charge on any atom is -0.456 e. The Labute approximate surface area is 247 Å². The summed E-state index contributed by atoms with van der Waals surface area (Å²) in [5.74, 6) is -4.84. The predicted octanol–water partition coefficient (Wildman–Crippen LogP) is 0.347. The number of fused-ring (bicyclic) bond motifs is 1. The van der Waals surface area contributed by atoms with E-state index >= 15 is 0 Å². The van der Waals surface area contributed by atoms with Crippen LogP contribution in [0.4, 0.5) is 0 Å². The van der Waals surface area contributed by atoms with E-state index in [0.29, 0.717) is 18.4 Å². The van der Waals surface area contributed by atoms with Crippen molar-refractivity contribution in [3.05, 3.63) is 35.4 Å². The molecule has 4 heterocycles. The lowest BCUT2D eigenvalue weighted by molar-refractivity contribution is -0.240. The van der Waals surface area contributed by atoms with Crippen LogP contribution in [0.1, 0.15) is 52.2 Å². The number of carbonyl (C=O) groups excluding carboxylic acids is 4. The maximum Gasteiger partial charge on any atom is 0.343 e. The van der Waals surface area contributed by atoms with E-state index in [1.165, 1.54) is 6.92 Å². The van der Waals surface area contributed by atoms with Gasteiger partial charge >= 0.3 is 17.9 Å². The third-order valence-corrected chi connectivity index (χ3v) is 11.2. The van der Waals surface area contributed by atoms with Crippen molar-refractivity contribution in [3.63, 3.8) is 0 Å². The van der Waals surface area contributed by atoms with Gasteiger partial charge in [0, 0.05) is 18.8 Å². The van der Waals surface area contributed by atoms with Crippen molar-refractivity contribution in [3.8, 4) is 0 Å². The minimum atomic E-state index is -2.40. The molecule has 0 amide bonds. The van der Waals surface area contributed by atoms with Crippen molar-refractivity contribution in [1.29, 1.82) is 0 Å². The van der Waals surface area contributed by atoms with Crippen LogP contribution in [0.5, 0.6) is 0 Å². The second-order valence-electron chi connectivity index (χ2n) is 14.0. The van der Waals surface area contributed by atoms with Crippen LogP contribution >= 0.6 is 0 Å². The number of rotatable bonds is 6. The molecule has 6 aliphatic rings. The summed E-state index contributed by atoms with van der Waals surface area (Å²) in [7, 11) is 0. The summed E-state index contributed by atoms with van der Waals surface area (Å²) >= 11 is 0. The fourth-order valence-corrected chi connectivity index (χ4v) is 9.73. The zero-order valence-corrected chi connectivity index (χ0v) is 24.6. The lowest BCUT2D eigenvalue weighted by atomic mass is 9.51. The van der Waals surface area contributed by atoms with Gasteiger partial charge in [0.05, 0.1) is 29.5 Å². The Morgan fingerprint density at radius 2 is 1.63 bits per heavy atom. The Hall–Kier alpha value is -2.90. The molecule has 2 spiro atoms. The molecule has 4 aliphatic heterocycles. The van der Waals surface area contributed by atoms with Gasteiger partial charge in [-0.15, -0.1) is 0 Å². The smallest absolute Gasteiger partial charge is 0.343 e. The van der Waals surface area contributed by atoms with Gasteiger partial charge < -0.3 is 39.0 Å².